The van der Waals surface area contributed by atoms with Crippen molar-refractivity contribution in [2.45, 2.75) is 6.61 Å². The van der Waals surface area contributed by atoms with Gasteiger partial charge < -0.3 is 10.5 Å². The summed E-state index contributed by atoms with van der Waals surface area (Å²) in [6, 6.07) is 7.01. The average Bonchev–Trinajstić information content (AvgIpc) is 2.72. The van der Waals surface area contributed by atoms with Crippen molar-refractivity contribution >= 4 is 17.4 Å². The number of nitrogen functional groups attached to an aromatic ring is 1. The Morgan fingerprint density at radius 3 is 2.89 bits per heavy atom. The first-order chi connectivity index (χ1) is 8.58. The van der Waals surface area contributed by atoms with Crippen LogP contribution in [0.5, 0.6) is 5.75 Å². The standard InChI is InChI=1S/C12H13ClN4O/c1-17-6-5-8(16-17)7-18-10-4-2-3-9(13)11(10)12(14)15/h2-6H,7H2,1H3,(H3,14,15). The van der Waals surface area contributed by atoms with Gasteiger partial charge in [0.15, 0.2) is 0 Å². The van der Waals surface area contributed by atoms with Crippen LogP contribution < -0.4 is 10.5 Å². The van der Waals surface area contributed by atoms with E-state index in [9.17, 15) is 0 Å². The van der Waals surface area contributed by atoms with Crippen LogP contribution in [0.1, 0.15) is 11.3 Å². The lowest BCUT2D eigenvalue weighted by Crippen LogP contribution is -2.14. The van der Waals surface area contributed by atoms with Crippen LogP contribution in [0.3, 0.4) is 0 Å². The molecule has 94 valence electrons. The highest BCUT2D eigenvalue weighted by atomic mass is 35.5. The lowest BCUT2D eigenvalue weighted by molar-refractivity contribution is 0.299. The number of nitrogens with two attached hydrogens (primary N) is 1. The van der Waals surface area contributed by atoms with Crippen molar-refractivity contribution < 1.29 is 4.74 Å². The van der Waals surface area contributed by atoms with Gasteiger partial charge in [-0.05, 0) is 18.2 Å². The van der Waals surface area contributed by atoms with E-state index >= 15 is 0 Å². The molecule has 6 heteroatoms. The Hall–Kier alpha value is -2.01. The molecule has 1 aromatic heterocycles. The molecule has 0 saturated carbocycles. The van der Waals surface area contributed by atoms with Gasteiger partial charge in [-0.3, -0.25) is 10.1 Å². The zero-order valence-corrected chi connectivity index (χ0v) is 10.6. The van der Waals surface area contributed by atoms with Crippen LogP contribution >= 0.6 is 11.6 Å². The fraction of sp³-hybridized carbons (Fsp3) is 0.167. The van der Waals surface area contributed by atoms with Crippen molar-refractivity contribution in [2.24, 2.45) is 12.8 Å². The summed E-state index contributed by atoms with van der Waals surface area (Å²) in [5.41, 5.74) is 6.70. The second-order valence-electron chi connectivity index (χ2n) is 3.80. The van der Waals surface area contributed by atoms with Crippen LogP contribution in [0, 0.1) is 5.41 Å². The number of nitrogens with zero attached hydrogens (tertiary/aromatic N) is 2. The van der Waals surface area contributed by atoms with Crippen molar-refractivity contribution in [1.29, 1.82) is 5.41 Å². The molecular weight excluding hydrogens is 252 g/mol. The van der Waals surface area contributed by atoms with E-state index in [-0.39, 0.29) is 5.84 Å². The highest BCUT2D eigenvalue weighted by Crippen LogP contribution is 2.26. The molecule has 0 saturated heterocycles. The first-order valence-electron chi connectivity index (χ1n) is 5.32. The predicted octanol–water partition coefficient (Wildman–Crippen LogP) is 1.94. The number of hydrogen-bond donors (Lipinski definition) is 2. The van der Waals surface area contributed by atoms with Crippen LogP contribution in [0.4, 0.5) is 0 Å². The second kappa shape index (κ2) is 5.10. The molecule has 0 aliphatic heterocycles. The van der Waals surface area contributed by atoms with Gasteiger partial charge in [0.1, 0.15) is 18.2 Å². The second-order valence-corrected chi connectivity index (χ2v) is 4.20. The number of amidine groups is 1. The van der Waals surface area contributed by atoms with Crippen LogP contribution in [-0.4, -0.2) is 15.6 Å². The topological polar surface area (TPSA) is 76.9 Å². The van der Waals surface area contributed by atoms with Crippen molar-refractivity contribution in [3.8, 4) is 5.75 Å². The summed E-state index contributed by atoms with van der Waals surface area (Å²) in [4.78, 5) is 0. The van der Waals surface area contributed by atoms with Gasteiger partial charge in [0.25, 0.3) is 0 Å². The SMILES string of the molecule is Cn1ccc(COc2cccc(Cl)c2C(=N)N)n1. The zero-order valence-electron chi connectivity index (χ0n) is 9.85. The summed E-state index contributed by atoms with van der Waals surface area (Å²) >= 11 is 5.99. The highest BCUT2D eigenvalue weighted by Gasteiger charge is 2.11. The van der Waals surface area contributed by atoms with Crippen LogP contribution in [0.25, 0.3) is 0 Å². The summed E-state index contributed by atoms with van der Waals surface area (Å²) in [5, 5.41) is 12.1. The Morgan fingerprint density at radius 2 is 2.28 bits per heavy atom. The fourth-order valence-electron chi connectivity index (χ4n) is 1.58. The van der Waals surface area contributed by atoms with Gasteiger partial charge in [-0.15, -0.1) is 0 Å². The molecule has 18 heavy (non-hydrogen) atoms. The van der Waals surface area contributed by atoms with Crippen molar-refractivity contribution in [2.75, 3.05) is 0 Å². The molecule has 1 heterocycles. The maximum atomic E-state index is 7.50. The number of nitrogens with one attached hydrogen (secondary N) is 1. The molecule has 2 aromatic rings. The van der Waals surface area contributed by atoms with Crippen LogP contribution in [-0.2, 0) is 13.7 Å². The molecule has 0 bridgehead atoms. The van der Waals surface area contributed by atoms with Gasteiger partial charge in [-0.25, -0.2) is 0 Å². The van der Waals surface area contributed by atoms with E-state index in [1.165, 1.54) is 0 Å². The molecule has 3 N–H and O–H groups in total. The molecule has 2 rings (SSSR count). The quantitative estimate of drug-likeness (QED) is 0.654. The highest BCUT2D eigenvalue weighted by molar-refractivity contribution is 6.34. The predicted molar refractivity (Wildman–Crippen MR) is 70.0 cm³/mol. The first-order valence-corrected chi connectivity index (χ1v) is 5.70. The average molecular weight is 265 g/mol. The van der Waals surface area contributed by atoms with Gasteiger partial charge in [0.2, 0.25) is 0 Å². The molecule has 0 radical (unpaired) electrons. The maximum Gasteiger partial charge on any atom is 0.132 e. The number of halogens is 1. The largest absolute Gasteiger partial charge is 0.486 e. The Balaban J connectivity index is 2.19. The lowest BCUT2D eigenvalue weighted by Gasteiger charge is -2.10. The third-order valence-corrected chi connectivity index (χ3v) is 2.70. The zero-order chi connectivity index (χ0) is 13.1. The smallest absolute Gasteiger partial charge is 0.132 e. The van der Waals surface area contributed by atoms with Crippen molar-refractivity contribution in [1.82, 2.24) is 9.78 Å². The number of aryl methyl sites for hydroxylation is 1. The minimum atomic E-state index is -0.114. The van der Waals surface area contributed by atoms with Crippen LogP contribution in [0.2, 0.25) is 5.02 Å². The number of benzene rings is 1. The Morgan fingerprint density at radius 1 is 1.50 bits per heavy atom. The number of rotatable bonds is 4. The molecular formula is C12H13ClN4O. The van der Waals surface area contributed by atoms with Crippen molar-refractivity contribution in [3.63, 3.8) is 0 Å². The van der Waals surface area contributed by atoms with E-state index in [1.54, 1.807) is 22.9 Å². The minimum Gasteiger partial charge on any atom is -0.486 e. The Bertz CT molecular complexity index is 579. The molecule has 1 aromatic carbocycles. The van der Waals surface area contributed by atoms with E-state index in [0.717, 1.165) is 5.69 Å². The molecule has 0 unspecified atom stereocenters. The van der Waals surface area contributed by atoms with Gasteiger partial charge in [0.05, 0.1) is 16.3 Å². The normalized spacial score (nSPS) is 10.3. The molecule has 0 spiro atoms. The Labute approximate surface area is 110 Å². The third kappa shape index (κ3) is 2.62. The molecule has 5 nitrogen and oxygen atoms in total. The van der Waals surface area contributed by atoms with E-state index in [0.29, 0.717) is 22.9 Å². The number of ether oxygens (including phenoxy) is 1. The van der Waals surface area contributed by atoms with E-state index in [1.807, 2.05) is 19.3 Å². The summed E-state index contributed by atoms with van der Waals surface area (Å²) in [5.74, 6) is 0.372. The molecule has 0 fully saturated rings. The van der Waals surface area contributed by atoms with Crippen molar-refractivity contribution in [3.05, 3.63) is 46.7 Å². The molecule has 0 atom stereocenters. The van der Waals surface area contributed by atoms with E-state index < -0.39 is 0 Å². The molecule has 0 aliphatic carbocycles. The van der Waals surface area contributed by atoms with Gasteiger partial charge in [-0.2, -0.15) is 5.10 Å². The summed E-state index contributed by atoms with van der Waals surface area (Å²) in [7, 11) is 1.84. The summed E-state index contributed by atoms with van der Waals surface area (Å²) in [6.45, 7) is 0.307. The third-order valence-electron chi connectivity index (χ3n) is 2.39. The summed E-state index contributed by atoms with van der Waals surface area (Å²) in [6.07, 6.45) is 1.84. The van der Waals surface area contributed by atoms with Crippen LogP contribution in [0.15, 0.2) is 30.5 Å². The monoisotopic (exact) mass is 264 g/mol. The number of hydrogen-bond acceptors (Lipinski definition) is 3. The van der Waals surface area contributed by atoms with Gasteiger partial charge >= 0.3 is 0 Å². The van der Waals surface area contributed by atoms with E-state index in [2.05, 4.69) is 5.10 Å². The maximum absolute atomic E-state index is 7.50. The fourth-order valence-corrected chi connectivity index (χ4v) is 1.85. The van der Waals surface area contributed by atoms with Gasteiger partial charge in [0, 0.05) is 13.2 Å². The van der Waals surface area contributed by atoms with Gasteiger partial charge in [-0.1, -0.05) is 17.7 Å². The summed E-state index contributed by atoms with van der Waals surface area (Å²) < 4.78 is 7.29. The van der Waals surface area contributed by atoms with E-state index in [4.69, 9.17) is 27.5 Å². The molecule has 0 aliphatic rings. The number of aromatic nitrogens is 2. The minimum absolute atomic E-state index is 0.114. The lowest BCUT2D eigenvalue weighted by atomic mass is 10.2. The Kier molecular flexibility index (Phi) is 3.53. The first kappa shape index (κ1) is 12.4. The molecule has 0 amide bonds.